The Kier molecular flexibility index (Phi) is 7.32. The minimum Gasteiger partial charge on any atom is -0.497 e. The molecule has 2 heterocycles. The van der Waals surface area contributed by atoms with Crippen molar-refractivity contribution in [2.45, 2.75) is 12.6 Å². The second-order valence-corrected chi connectivity index (χ2v) is 8.01. The van der Waals surface area contributed by atoms with E-state index in [1.54, 1.807) is 37.6 Å². The Morgan fingerprint density at radius 3 is 2.33 bits per heavy atom. The van der Waals surface area contributed by atoms with Crippen molar-refractivity contribution >= 4 is 11.8 Å². The second-order valence-electron chi connectivity index (χ2n) is 8.01. The lowest BCUT2D eigenvalue weighted by atomic mass is 10.0. The SMILES string of the molecule is COc1ccc(C(=O)N[C@@H](C(=O)N2CCN(Cc3cccnc3)CC2)c2ccccc2)cc1. The average Bonchev–Trinajstić information content (AvgIpc) is 2.88. The lowest BCUT2D eigenvalue weighted by Crippen LogP contribution is -2.51. The van der Waals surface area contributed by atoms with Crippen molar-refractivity contribution in [1.29, 1.82) is 0 Å². The normalized spacial score (nSPS) is 15.0. The first-order chi connectivity index (χ1) is 16.1. The van der Waals surface area contributed by atoms with Crippen LogP contribution in [0.25, 0.3) is 0 Å². The minimum atomic E-state index is -0.745. The first-order valence-electron chi connectivity index (χ1n) is 11.0. The second kappa shape index (κ2) is 10.7. The highest BCUT2D eigenvalue weighted by Gasteiger charge is 2.30. The molecule has 1 atom stereocenters. The molecule has 1 N–H and O–H groups in total. The van der Waals surface area contributed by atoms with Crippen molar-refractivity contribution in [1.82, 2.24) is 20.1 Å². The molecule has 0 bridgehead atoms. The first kappa shape index (κ1) is 22.5. The zero-order chi connectivity index (χ0) is 23.0. The number of piperazine rings is 1. The van der Waals surface area contributed by atoms with Crippen molar-refractivity contribution < 1.29 is 14.3 Å². The number of nitrogens with one attached hydrogen (secondary N) is 1. The van der Waals surface area contributed by atoms with E-state index in [2.05, 4.69) is 21.3 Å². The van der Waals surface area contributed by atoms with Gasteiger partial charge in [-0.25, -0.2) is 0 Å². The molecule has 2 amide bonds. The smallest absolute Gasteiger partial charge is 0.252 e. The summed E-state index contributed by atoms with van der Waals surface area (Å²) in [6.45, 7) is 3.58. The van der Waals surface area contributed by atoms with Crippen molar-refractivity contribution in [3.8, 4) is 5.75 Å². The topological polar surface area (TPSA) is 74.8 Å². The van der Waals surface area contributed by atoms with Gasteiger partial charge in [-0.05, 0) is 41.5 Å². The van der Waals surface area contributed by atoms with E-state index >= 15 is 0 Å². The van der Waals surface area contributed by atoms with Gasteiger partial charge in [-0.1, -0.05) is 36.4 Å². The number of ether oxygens (including phenoxy) is 1. The van der Waals surface area contributed by atoms with Gasteiger partial charge in [0.1, 0.15) is 11.8 Å². The fraction of sp³-hybridized carbons (Fsp3) is 0.269. The molecule has 170 valence electrons. The fourth-order valence-corrected chi connectivity index (χ4v) is 3.95. The van der Waals surface area contributed by atoms with Crippen molar-refractivity contribution in [2.75, 3.05) is 33.3 Å². The summed E-state index contributed by atoms with van der Waals surface area (Å²) < 4.78 is 5.16. The molecule has 1 aliphatic heterocycles. The summed E-state index contributed by atoms with van der Waals surface area (Å²) in [6.07, 6.45) is 3.64. The zero-order valence-corrected chi connectivity index (χ0v) is 18.7. The summed E-state index contributed by atoms with van der Waals surface area (Å²) >= 11 is 0. The predicted molar refractivity (Wildman–Crippen MR) is 126 cm³/mol. The molecule has 0 saturated carbocycles. The monoisotopic (exact) mass is 444 g/mol. The van der Waals surface area contributed by atoms with Gasteiger partial charge in [0.15, 0.2) is 0 Å². The minimum absolute atomic E-state index is 0.0934. The fourth-order valence-electron chi connectivity index (χ4n) is 3.95. The Morgan fingerprint density at radius 1 is 0.970 bits per heavy atom. The Bertz CT molecular complexity index is 1050. The number of pyridine rings is 1. The number of aromatic nitrogens is 1. The average molecular weight is 445 g/mol. The van der Waals surface area contributed by atoms with Crippen LogP contribution in [0.2, 0.25) is 0 Å². The van der Waals surface area contributed by atoms with Gasteiger partial charge in [-0.2, -0.15) is 0 Å². The highest BCUT2D eigenvalue weighted by Crippen LogP contribution is 2.19. The van der Waals surface area contributed by atoms with E-state index in [-0.39, 0.29) is 11.8 Å². The van der Waals surface area contributed by atoms with E-state index in [0.717, 1.165) is 30.8 Å². The number of carbonyl (C=O) groups excluding carboxylic acids is 2. The predicted octanol–water partition coefficient (Wildman–Crippen LogP) is 2.91. The van der Waals surface area contributed by atoms with Gasteiger partial charge in [0, 0.05) is 50.7 Å². The highest BCUT2D eigenvalue weighted by atomic mass is 16.5. The van der Waals surface area contributed by atoms with E-state index in [4.69, 9.17) is 4.74 Å². The number of carbonyl (C=O) groups is 2. The van der Waals surface area contributed by atoms with Gasteiger partial charge in [-0.15, -0.1) is 0 Å². The van der Waals surface area contributed by atoms with Crippen LogP contribution in [-0.4, -0.2) is 59.9 Å². The van der Waals surface area contributed by atoms with Crippen molar-refractivity contribution in [3.05, 3.63) is 95.8 Å². The van der Waals surface area contributed by atoms with Crippen molar-refractivity contribution in [2.24, 2.45) is 0 Å². The maximum atomic E-state index is 13.5. The standard InChI is InChI=1S/C26H28N4O3/c1-33-23-11-9-22(10-12-23)25(31)28-24(21-7-3-2-4-8-21)26(32)30-16-14-29(15-17-30)19-20-6-5-13-27-18-20/h2-13,18,24H,14-17,19H2,1H3,(H,28,31)/t24-/m1/s1. The third kappa shape index (κ3) is 5.75. The Labute approximate surface area is 194 Å². The summed E-state index contributed by atoms with van der Waals surface area (Å²) in [5, 5.41) is 2.94. The molecule has 4 rings (SSSR count). The van der Waals surface area contributed by atoms with Crippen LogP contribution in [0.5, 0.6) is 5.75 Å². The van der Waals surface area contributed by atoms with Crippen LogP contribution < -0.4 is 10.1 Å². The van der Waals surface area contributed by atoms with Crippen LogP contribution >= 0.6 is 0 Å². The van der Waals surface area contributed by atoms with Crippen LogP contribution in [-0.2, 0) is 11.3 Å². The quantitative estimate of drug-likeness (QED) is 0.607. The molecular formula is C26H28N4O3. The summed E-state index contributed by atoms with van der Waals surface area (Å²) in [5.74, 6) is 0.283. The van der Waals surface area contributed by atoms with E-state index in [1.165, 1.54) is 0 Å². The van der Waals surface area contributed by atoms with Gasteiger partial charge < -0.3 is 15.0 Å². The number of hydrogen-bond donors (Lipinski definition) is 1. The molecule has 0 unspecified atom stereocenters. The Hall–Kier alpha value is -3.71. The molecule has 1 aliphatic rings. The lowest BCUT2D eigenvalue weighted by Gasteiger charge is -2.36. The van der Waals surface area contributed by atoms with Crippen molar-refractivity contribution in [3.63, 3.8) is 0 Å². The molecule has 1 fully saturated rings. The number of benzene rings is 2. The van der Waals surface area contributed by atoms with Gasteiger partial charge in [0.05, 0.1) is 7.11 Å². The van der Waals surface area contributed by atoms with E-state index in [0.29, 0.717) is 24.4 Å². The molecule has 0 spiro atoms. The third-order valence-electron chi connectivity index (χ3n) is 5.82. The maximum absolute atomic E-state index is 13.5. The molecule has 3 aromatic rings. The summed E-state index contributed by atoms with van der Waals surface area (Å²) in [7, 11) is 1.58. The van der Waals surface area contributed by atoms with E-state index in [1.807, 2.05) is 47.5 Å². The van der Waals surface area contributed by atoms with Crippen LogP contribution in [0, 0.1) is 0 Å². The number of hydrogen-bond acceptors (Lipinski definition) is 5. The number of rotatable bonds is 7. The maximum Gasteiger partial charge on any atom is 0.252 e. The molecule has 1 saturated heterocycles. The number of methoxy groups -OCH3 is 1. The molecule has 7 heteroatoms. The molecule has 0 aliphatic carbocycles. The molecule has 2 aromatic carbocycles. The molecular weight excluding hydrogens is 416 g/mol. The first-order valence-corrected chi connectivity index (χ1v) is 11.0. The highest BCUT2D eigenvalue weighted by molar-refractivity contribution is 5.98. The van der Waals surface area contributed by atoms with Crippen LogP contribution in [0.3, 0.4) is 0 Å². The third-order valence-corrected chi connectivity index (χ3v) is 5.82. The van der Waals surface area contributed by atoms with Crippen LogP contribution in [0.4, 0.5) is 0 Å². The van der Waals surface area contributed by atoms with E-state index < -0.39 is 6.04 Å². The zero-order valence-electron chi connectivity index (χ0n) is 18.7. The molecule has 0 radical (unpaired) electrons. The van der Waals surface area contributed by atoms with Crippen LogP contribution in [0.15, 0.2) is 79.1 Å². The lowest BCUT2D eigenvalue weighted by molar-refractivity contribution is -0.135. The Morgan fingerprint density at radius 2 is 1.70 bits per heavy atom. The van der Waals surface area contributed by atoms with Crippen LogP contribution in [0.1, 0.15) is 27.5 Å². The number of amides is 2. The largest absolute Gasteiger partial charge is 0.497 e. The van der Waals surface area contributed by atoms with Gasteiger partial charge in [0.25, 0.3) is 5.91 Å². The van der Waals surface area contributed by atoms with Gasteiger partial charge in [-0.3, -0.25) is 19.5 Å². The number of nitrogens with zero attached hydrogens (tertiary/aromatic N) is 3. The molecule has 7 nitrogen and oxygen atoms in total. The summed E-state index contributed by atoms with van der Waals surface area (Å²) in [6, 6.07) is 19.5. The van der Waals surface area contributed by atoms with Gasteiger partial charge in [0.2, 0.25) is 5.91 Å². The summed E-state index contributed by atoms with van der Waals surface area (Å²) in [4.78, 5) is 34.8. The van der Waals surface area contributed by atoms with E-state index in [9.17, 15) is 9.59 Å². The van der Waals surface area contributed by atoms with Gasteiger partial charge >= 0.3 is 0 Å². The Balaban J connectivity index is 1.43. The summed E-state index contributed by atoms with van der Waals surface area (Å²) in [5.41, 5.74) is 2.40. The molecule has 1 aromatic heterocycles. The molecule has 33 heavy (non-hydrogen) atoms.